The summed E-state index contributed by atoms with van der Waals surface area (Å²) in [4.78, 5) is 23.6. The van der Waals surface area contributed by atoms with Crippen LogP contribution in [-0.4, -0.2) is 22.7 Å². The zero-order chi connectivity index (χ0) is 13.2. The van der Waals surface area contributed by atoms with Crippen LogP contribution in [0, 0.1) is 18.3 Å². The highest BCUT2D eigenvalue weighted by atomic mass is 35.5. The van der Waals surface area contributed by atoms with Gasteiger partial charge in [-0.25, -0.2) is 4.79 Å². The fraction of sp³-hybridized carbons (Fsp3) is 0.714. The number of ether oxygens (including phenoxy) is 1. The highest BCUT2D eigenvalue weighted by Crippen LogP contribution is 2.44. The minimum atomic E-state index is -1.13. The lowest BCUT2D eigenvalue weighted by Gasteiger charge is -2.41. The van der Waals surface area contributed by atoms with E-state index in [0.29, 0.717) is 12.8 Å². The molecule has 1 aliphatic heterocycles. The molecule has 0 amide bonds. The van der Waals surface area contributed by atoms with Gasteiger partial charge < -0.3 is 4.74 Å². The molecule has 1 saturated heterocycles. The molecule has 98 valence electrons. The van der Waals surface area contributed by atoms with E-state index in [1.54, 1.807) is 0 Å². The van der Waals surface area contributed by atoms with Crippen molar-refractivity contribution < 1.29 is 14.3 Å². The number of rotatable bonds is 3. The molecule has 2 atom stereocenters. The zero-order valence-corrected chi connectivity index (χ0v) is 11.0. The fourth-order valence-electron chi connectivity index (χ4n) is 3.11. The van der Waals surface area contributed by atoms with Crippen molar-refractivity contribution in [3.63, 3.8) is 0 Å². The second-order valence-electron chi connectivity index (χ2n) is 5.18. The first kappa shape index (κ1) is 13.4. The average molecular weight is 269 g/mol. The second kappa shape index (κ2) is 5.32. The highest BCUT2D eigenvalue weighted by molar-refractivity contribution is 6.41. The van der Waals surface area contributed by atoms with E-state index >= 15 is 0 Å². The molecule has 18 heavy (non-hydrogen) atoms. The number of hydrogen-bond donors (Lipinski definition) is 0. The Kier molecular flexibility index (Phi) is 3.97. The molecule has 3 nitrogen and oxygen atoms in total. The maximum Gasteiger partial charge on any atom is 0.332 e. The first-order valence-electron chi connectivity index (χ1n) is 6.42. The van der Waals surface area contributed by atoms with Gasteiger partial charge in [0.05, 0.1) is 0 Å². The predicted octanol–water partition coefficient (Wildman–Crippen LogP) is 2.45. The van der Waals surface area contributed by atoms with Crippen LogP contribution in [0.2, 0.25) is 0 Å². The Hall–Kier alpha value is -1.01. The largest absolute Gasteiger partial charge is 0.457 e. The molecule has 2 rings (SSSR count). The van der Waals surface area contributed by atoms with Crippen molar-refractivity contribution >= 4 is 23.4 Å². The van der Waals surface area contributed by atoms with Gasteiger partial charge in [0.25, 0.3) is 0 Å². The molecule has 0 bridgehead atoms. The van der Waals surface area contributed by atoms with Crippen molar-refractivity contribution in [3.05, 3.63) is 0 Å². The maximum atomic E-state index is 11.9. The Balaban J connectivity index is 2.22. The van der Waals surface area contributed by atoms with Gasteiger partial charge in [-0.2, -0.15) is 0 Å². The van der Waals surface area contributed by atoms with Crippen molar-refractivity contribution in [1.29, 1.82) is 0 Å². The molecular weight excluding hydrogens is 252 g/mol. The summed E-state index contributed by atoms with van der Waals surface area (Å²) >= 11 is 5.72. The molecule has 0 aromatic rings. The van der Waals surface area contributed by atoms with E-state index in [9.17, 15) is 9.59 Å². The van der Waals surface area contributed by atoms with E-state index in [-0.39, 0.29) is 18.1 Å². The van der Waals surface area contributed by atoms with Crippen molar-refractivity contribution in [2.45, 2.75) is 55.9 Å². The van der Waals surface area contributed by atoms with E-state index in [0.717, 1.165) is 25.7 Å². The SMILES string of the molecule is C#CCCC1(C2CCCC2)CC(=O)C(Cl)C(=O)O1. The summed E-state index contributed by atoms with van der Waals surface area (Å²) in [6, 6.07) is 0. The van der Waals surface area contributed by atoms with Crippen LogP contribution in [0.25, 0.3) is 0 Å². The number of carbonyl (C=O) groups is 2. The molecule has 4 heteroatoms. The number of ketones is 1. The molecule has 0 aromatic carbocycles. The molecule has 0 aromatic heterocycles. The number of halogens is 1. The standard InChI is InChI=1S/C14H17ClO3/c1-2-3-8-14(10-6-4-5-7-10)9-11(16)12(15)13(17)18-14/h1,10,12H,3-9H2. The normalized spacial score (nSPS) is 33.2. The van der Waals surface area contributed by atoms with Gasteiger partial charge in [-0.05, 0) is 25.2 Å². The third-order valence-corrected chi connectivity index (χ3v) is 4.48. The van der Waals surface area contributed by atoms with Crippen LogP contribution in [0.4, 0.5) is 0 Å². The van der Waals surface area contributed by atoms with Gasteiger partial charge in [-0.1, -0.05) is 12.8 Å². The second-order valence-corrected chi connectivity index (χ2v) is 5.61. The first-order valence-corrected chi connectivity index (χ1v) is 6.86. The van der Waals surface area contributed by atoms with Crippen LogP contribution in [-0.2, 0) is 14.3 Å². The maximum absolute atomic E-state index is 11.9. The summed E-state index contributed by atoms with van der Waals surface area (Å²) in [7, 11) is 0. The molecule has 0 N–H and O–H groups in total. The average Bonchev–Trinajstić information content (AvgIpc) is 2.87. The first-order chi connectivity index (χ1) is 8.59. The molecule has 1 saturated carbocycles. The molecule has 1 heterocycles. The molecule has 1 aliphatic carbocycles. The van der Waals surface area contributed by atoms with Crippen molar-refractivity contribution in [2.24, 2.45) is 5.92 Å². The number of hydrogen-bond acceptors (Lipinski definition) is 3. The summed E-state index contributed by atoms with van der Waals surface area (Å²) in [6.07, 6.45) is 10.8. The Morgan fingerprint density at radius 2 is 2.06 bits per heavy atom. The van der Waals surface area contributed by atoms with Crippen LogP contribution < -0.4 is 0 Å². The summed E-state index contributed by atoms with van der Waals surface area (Å²) in [5, 5.41) is -1.13. The minimum absolute atomic E-state index is 0.221. The summed E-state index contributed by atoms with van der Waals surface area (Å²) in [5.41, 5.74) is -0.692. The Labute approximate surface area is 112 Å². The van der Waals surface area contributed by atoms with Gasteiger partial charge in [-0.15, -0.1) is 23.9 Å². The summed E-state index contributed by atoms with van der Waals surface area (Å²) in [6.45, 7) is 0. The molecule has 0 radical (unpaired) electrons. The van der Waals surface area contributed by atoms with E-state index in [4.69, 9.17) is 22.8 Å². The third-order valence-electron chi connectivity index (χ3n) is 4.06. The van der Waals surface area contributed by atoms with Gasteiger partial charge >= 0.3 is 5.97 Å². The van der Waals surface area contributed by atoms with Gasteiger partial charge in [0.2, 0.25) is 0 Å². The molecule has 2 aliphatic rings. The van der Waals surface area contributed by atoms with Gasteiger partial charge in [0, 0.05) is 12.8 Å². The molecule has 2 unspecified atom stereocenters. The van der Waals surface area contributed by atoms with Crippen LogP contribution in [0.3, 0.4) is 0 Å². The van der Waals surface area contributed by atoms with Crippen LogP contribution in [0.15, 0.2) is 0 Å². The number of esters is 1. The van der Waals surface area contributed by atoms with E-state index < -0.39 is 16.9 Å². The lowest BCUT2D eigenvalue weighted by Crippen LogP contribution is -2.52. The minimum Gasteiger partial charge on any atom is -0.457 e. The summed E-state index contributed by atoms with van der Waals surface area (Å²) < 4.78 is 5.56. The highest BCUT2D eigenvalue weighted by Gasteiger charge is 2.50. The van der Waals surface area contributed by atoms with Crippen molar-refractivity contribution in [1.82, 2.24) is 0 Å². The molecule has 2 fully saturated rings. The number of carbonyl (C=O) groups excluding carboxylic acids is 2. The van der Waals surface area contributed by atoms with E-state index in [1.807, 2.05) is 0 Å². The topological polar surface area (TPSA) is 43.4 Å². The van der Waals surface area contributed by atoms with Crippen LogP contribution >= 0.6 is 11.6 Å². The number of terminal acetylenes is 1. The van der Waals surface area contributed by atoms with Crippen molar-refractivity contribution in [3.8, 4) is 12.3 Å². The van der Waals surface area contributed by atoms with Gasteiger partial charge in [0.1, 0.15) is 5.60 Å². The van der Waals surface area contributed by atoms with E-state index in [2.05, 4.69) is 5.92 Å². The fourth-order valence-corrected chi connectivity index (χ4v) is 3.23. The third kappa shape index (κ3) is 2.40. The monoisotopic (exact) mass is 268 g/mol. The van der Waals surface area contributed by atoms with Crippen LogP contribution in [0.1, 0.15) is 44.9 Å². The molecular formula is C14H17ClO3. The van der Waals surface area contributed by atoms with Gasteiger partial charge in [-0.3, -0.25) is 4.79 Å². The Bertz CT molecular complexity index is 372. The quantitative estimate of drug-likeness (QED) is 0.342. The predicted molar refractivity (Wildman–Crippen MR) is 68.1 cm³/mol. The lowest BCUT2D eigenvalue weighted by molar-refractivity contribution is -0.177. The molecule has 0 spiro atoms. The lowest BCUT2D eigenvalue weighted by atomic mass is 9.76. The Morgan fingerprint density at radius 3 is 2.61 bits per heavy atom. The van der Waals surface area contributed by atoms with Gasteiger partial charge in [0.15, 0.2) is 11.2 Å². The number of cyclic esters (lactones) is 1. The van der Waals surface area contributed by atoms with Crippen LogP contribution in [0.5, 0.6) is 0 Å². The van der Waals surface area contributed by atoms with Crippen molar-refractivity contribution in [2.75, 3.05) is 0 Å². The smallest absolute Gasteiger partial charge is 0.332 e. The number of alkyl halides is 1. The summed E-state index contributed by atoms with van der Waals surface area (Å²) in [5.74, 6) is 2.00. The number of Topliss-reactive ketones (excluding diaryl/α,β-unsaturated/α-hetero) is 1. The van der Waals surface area contributed by atoms with E-state index in [1.165, 1.54) is 0 Å². The Morgan fingerprint density at radius 1 is 1.39 bits per heavy atom. The zero-order valence-electron chi connectivity index (χ0n) is 10.3.